The summed E-state index contributed by atoms with van der Waals surface area (Å²) in [6, 6.07) is 0. The smallest absolute Gasteiger partial charge is 0.418 e. The van der Waals surface area contributed by atoms with E-state index in [1.807, 2.05) is 0 Å². The molecule has 0 aliphatic heterocycles. The monoisotopic (exact) mass is 190 g/mol. The fourth-order valence-corrected chi connectivity index (χ4v) is 0.283. The van der Waals surface area contributed by atoms with Crippen LogP contribution in [0.5, 0.6) is 0 Å². The average Bonchev–Trinajstić information content (AvgIpc) is 1.62. The fourth-order valence-electron chi connectivity index (χ4n) is 0.0945. The first-order chi connectivity index (χ1) is 4.19. The van der Waals surface area contributed by atoms with Crippen LogP contribution in [0.15, 0.2) is 0 Å². The van der Waals surface area contributed by atoms with Crippen LogP contribution in [0.1, 0.15) is 0 Å². The zero-order valence-corrected chi connectivity index (χ0v) is 5.93. The Morgan fingerprint density at radius 3 is 1.18 bits per heavy atom. The van der Waals surface area contributed by atoms with Gasteiger partial charge < -0.3 is 8.42 Å². The van der Waals surface area contributed by atoms with Gasteiger partial charge in [-0.15, -0.1) is 0 Å². The van der Waals surface area contributed by atoms with Gasteiger partial charge in [-0.25, -0.2) is 8.78 Å². The summed E-state index contributed by atoms with van der Waals surface area (Å²) >= 11 is 0. The molecule has 9 heteroatoms. The summed E-state index contributed by atoms with van der Waals surface area (Å²) in [4.78, 5) is 0. The third-order valence-corrected chi connectivity index (χ3v) is 1.19. The first kappa shape index (κ1) is 13.8. The van der Waals surface area contributed by atoms with Crippen LogP contribution in [0.4, 0.5) is 22.0 Å². The second-order valence-corrected chi connectivity index (χ2v) is 2.23. The van der Waals surface area contributed by atoms with Gasteiger partial charge in [0.2, 0.25) is 0 Å². The summed E-state index contributed by atoms with van der Waals surface area (Å²) in [5.74, 6) is 0. The molecule has 0 aromatic rings. The van der Waals surface area contributed by atoms with Gasteiger partial charge in [0.1, 0.15) is 0 Å². The molecule has 0 N–H and O–H groups in total. The first-order valence-electron chi connectivity index (χ1n) is 1.73. The molecular weight excluding hydrogens is 190 g/mol. The number of hydrogen-bond acceptors (Lipinski definition) is 3. The third kappa shape index (κ3) is 2.97. The van der Waals surface area contributed by atoms with E-state index in [2.05, 4.69) is 0 Å². The second kappa shape index (κ2) is 3.73. The summed E-state index contributed by atoms with van der Waals surface area (Å²) in [5.41, 5.74) is 0. The Labute approximate surface area is 71.9 Å². The van der Waals surface area contributed by atoms with E-state index in [1.54, 1.807) is 0 Å². The van der Waals surface area contributed by atoms with Crippen molar-refractivity contribution in [2.75, 3.05) is 0 Å². The van der Waals surface area contributed by atoms with E-state index in [-0.39, 0.29) is 18.9 Å². The molecule has 0 spiro atoms. The van der Waals surface area contributed by atoms with Crippen molar-refractivity contribution in [3.63, 3.8) is 0 Å². The summed E-state index contributed by atoms with van der Waals surface area (Å²) in [6.45, 7) is 0. The van der Waals surface area contributed by atoms with Gasteiger partial charge in [-0.1, -0.05) is 0 Å². The average molecular weight is 190 g/mol. The normalized spacial score (nSPS) is 12.9. The van der Waals surface area contributed by atoms with Crippen LogP contribution in [-0.4, -0.2) is 11.4 Å². The molecule has 0 atom stereocenters. The molecule has 0 saturated carbocycles. The fraction of sp³-hybridized carbons (Fsp3) is 1.00. The molecule has 0 amide bonds. The SMILES string of the molecule is O=[S-](=O)C(F)(F)C(F)(F)F.[Li+]. The van der Waals surface area contributed by atoms with E-state index in [0.29, 0.717) is 0 Å². The quantitative estimate of drug-likeness (QED) is 0.285. The van der Waals surface area contributed by atoms with Crippen LogP contribution in [0.2, 0.25) is 0 Å². The molecule has 11 heavy (non-hydrogen) atoms. The van der Waals surface area contributed by atoms with Crippen molar-refractivity contribution < 1.29 is 49.2 Å². The van der Waals surface area contributed by atoms with Gasteiger partial charge in [-0.05, 0) is 0 Å². The molecule has 0 aromatic heterocycles. The van der Waals surface area contributed by atoms with Gasteiger partial charge in [0.05, 0.1) is 0 Å². The van der Waals surface area contributed by atoms with Crippen molar-refractivity contribution in [1.29, 1.82) is 0 Å². The van der Waals surface area contributed by atoms with E-state index in [1.165, 1.54) is 0 Å². The number of hydrogen-bond donors (Lipinski definition) is 0. The van der Waals surface area contributed by atoms with Gasteiger partial charge in [-0.3, -0.25) is 0 Å². The maximum absolute atomic E-state index is 11.3. The van der Waals surface area contributed by atoms with Gasteiger partial charge in [0.25, 0.3) is 0 Å². The molecule has 0 bridgehead atoms. The Kier molecular flexibility index (Phi) is 4.67. The Morgan fingerprint density at radius 1 is 0.909 bits per heavy atom. The van der Waals surface area contributed by atoms with Crippen molar-refractivity contribution in [2.24, 2.45) is 0 Å². The van der Waals surface area contributed by atoms with Crippen LogP contribution in [0.25, 0.3) is 0 Å². The van der Waals surface area contributed by atoms with Crippen LogP contribution >= 0.6 is 0 Å². The van der Waals surface area contributed by atoms with Gasteiger partial charge >= 0.3 is 30.3 Å². The minimum Gasteiger partial charge on any atom is -0.418 e. The predicted octanol–water partition coefficient (Wildman–Crippen LogP) is -1.55. The van der Waals surface area contributed by atoms with Crippen molar-refractivity contribution in [3.8, 4) is 0 Å². The zero-order valence-electron chi connectivity index (χ0n) is 5.11. The summed E-state index contributed by atoms with van der Waals surface area (Å²) in [7, 11) is -4.45. The molecule has 62 valence electrons. The van der Waals surface area contributed by atoms with Crippen molar-refractivity contribution in [2.45, 2.75) is 11.4 Å². The minimum atomic E-state index is -6.03. The van der Waals surface area contributed by atoms with Crippen molar-refractivity contribution >= 4 is 10.7 Å². The molecular formula is C2F5LiO2S. The van der Waals surface area contributed by atoms with Crippen LogP contribution < -0.4 is 18.9 Å². The van der Waals surface area contributed by atoms with Crippen LogP contribution in [0, 0.1) is 0 Å². The predicted molar refractivity (Wildman–Crippen MR) is 19.7 cm³/mol. The number of rotatable bonds is 1. The number of alkyl halides is 5. The van der Waals surface area contributed by atoms with E-state index >= 15 is 0 Å². The molecule has 0 heterocycles. The molecule has 0 aliphatic carbocycles. The topological polar surface area (TPSA) is 34.1 Å². The molecule has 0 radical (unpaired) electrons. The Morgan fingerprint density at radius 2 is 1.18 bits per heavy atom. The van der Waals surface area contributed by atoms with Gasteiger partial charge in [-0.2, -0.15) is 13.2 Å². The second-order valence-electron chi connectivity index (χ2n) is 1.25. The summed E-state index contributed by atoms with van der Waals surface area (Å²) < 4.78 is 73.8. The first-order valence-corrected chi connectivity index (χ1v) is 2.81. The van der Waals surface area contributed by atoms with Gasteiger partial charge in [0.15, 0.2) is 0 Å². The third-order valence-electron chi connectivity index (χ3n) is 0.539. The standard InChI is InChI=1S/C2F5O2S.Li/c3-1(4,5)2(6,7)10(8)9;/q-1;+1. The molecule has 0 unspecified atom stereocenters. The van der Waals surface area contributed by atoms with Crippen molar-refractivity contribution in [3.05, 3.63) is 0 Å². The van der Waals surface area contributed by atoms with Crippen LogP contribution in [-0.2, 0) is 19.1 Å². The maximum Gasteiger partial charge on any atom is 1.00 e. The summed E-state index contributed by atoms with van der Waals surface area (Å²) in [5, 5.41) is -5.65. The zero-order chi connectivity index (χ0) is 8.58. The van der Waals surface area contributed by atoms with E-state index in [9.17, 15) is 30.4 Å². The van der Waals surface area contributed by atoms with E-state index in [0.717, 1.165) is 0 Å². The molecule has 0 rings (SSSR count). The molecule has 0 aliphatic rings. The molecule has 0 saturated heterocycles. The van der Waals surface area contributed by atoms with Crippen molar-refractivity contribution in [1.82, 2.24) is 0 Å². The molecule has 0 fully saturated rings. The summed E-state index contributed by atoms with van der Waals surface area (Å²) in [6.07, 6.45) is -6.03. The largest absolute Gasteiger partial charge is 1.00 e. The maximum atomic E-state index is 11.3. The molecule has 2 nitrogen and oxygen atoms in total. The number of halogens is 5. The van der Waals surface area contributed by atoms with E-state index in [4.69, 9.17) is 0 Å². The molecule has 0 aromatic carbocycles. The Hall–Kier alpha value is 0.197. The Balaban J connectivity index is 0. The minimum absolute atomic E-state index is 0. The Bertz CT molecular complexity index is 187. The van der Waals surface area contributed by atoms with Gasteiger partial charge in [0, 0.05) is 10.7 Å². The van der Waals surface area contributed by atoms with Crippen LogP contribution in [0.3, 0.4) is 0 Å². The van der Waals surface area contributed by atoms with E-state index < -0.39 is 22.1 Å².